The van der Waals surface area contributed by atoms with Gasteiger partial charge in [0.1, 0.15) is 5.75 Å². The third-order valence-corrected chi connectivity index (χ3v) is 4.24. The molecule has 1 amide bonds. The minimum Gasteiger partial charge on any atom is -0.434 e. The first-order chi connectivity index (χ1) is 10.6. The van der Waals surface area contributed by atoms with Crippen LogP contribution in [0.4, 0.5) is 8.78 Å². The number of hydrogen-bond acceptors (Lipinski definition) is 3. The smallest absolute Gasteiger partial charge is 0.387 e. The van der Waals surface area contributed by atoms with Crippen LogP contribution in [0.2, 0.25) is 0 Å². The summed E-state index contributed by atoms with van der Waals surface area (Å²) in [5, 5.41) is 10.2. The number of nitrogens with zero attached hydrogens (tertiary/aromatic N) is 1. The molecule has 2 rings (SSSR count). The molecule has 1 aromatic rings. The molecule has 1 heterocycles. The second-order valence-electron chi connectivity index (χ2n) is 6.63. The summed E-state index contributed by atoms with van der Waals surface area (Å²) in [5.74, 6) is -0.0820. The lowest BCUT2D eigenvalue weighted by Crippen LogP contribution is -2.48. The number of amides is 1. The number of rotatable bonds is 4. The van der Waals surface area contributed by atoms with Crippen LogP contribution in [-0.4, -0.2) is 40.7 Å². The summed E-state index contributed by atoms with van der Waals surface area (Å²) in [6, 6.07) is 2.88. The van der Waals surface area contributed by atoms with E-state index in [1.165, 1.54) is 0 Å². The molecule has 1 aliphatic rings. The van der Waals surface area contributed by atoms with Crippen molar-refractivity contribution < 1.29 is 23.4 Å². The largest absolute Gasteiger partial charge is 0.434 e. The van der Waals surface area contributed by atoms with Gasteiger partial charge in [0.2, 0.25) is 0 Å². The molecule has 0 bridgehead atoms. The van der Waals surface area contributed by atoms with E-state index in [0.29, 0.717) is 23.2 Å². The standard InChI is InChI=1S/C17H23F2NO3/c1-10-8-12(9-11(2)14(10)23-16(18)19)15(21)20-7-5-6-13(20)17(3,4)22/h8-9,13,16,22H,5-7H2,1-4H3. The number of aryl methyl sites for hydroxylation is 2. The molecule has 23 heavy (non-hydrogen) atoms. The first kappa shape index (κ1) is 17.7. The van der Waals surface area contributed by atoms with Crippen LogP contribution in [0.15, 0.2) is 12.1 Å². The average Bonchev–Trinajstić information content (AvgIpc) is 2.90. The van der Waals surface area contributed by atoms with E-state index >= 15 is 0 Å². The SMILES string of the molecule is Cc1cc(C(=O)N2CCCC2C(C)(C)O)cc(C)c1OC(F)F. The van der Waals surface area contributed by atoms with Crippen molar-refractivity contribution in [2.75, 3.05) is 6.54 Å². The van der Waals surface area contributed by atoms with Crippen LogP contribution in [0.1, 0.15) is 48.2 Å². The van der Waals surface area contributed by atoms with Gasteiger partial charge in [-0.25, -0.2) is 0 Å². The van der Waals surface area contributed by atoms with E-state index < -0.39 is 12.2 Å². The topological polar surface area (TPSA) is 49.8 Å². The molecule has 0 aliphatic carbocycles. The van der Waals surface area contributed by atoms with Gasteiger partial charge in [0.05, 0.1) is 11.6 Å². The first-order valence-electron chi connectivity index (χ1n) is 7.70. The highest BCUT2D eigenvalue weighted by Gasteiger charge is 2.38. The number of carbonyl (C=O) groups is 1. The van der Waals surface area contributed by atoms with Crippen LogP contribution >= 0.6 is 0 Å². The second-order valence-corrected chi connectivity index (χ2v) is 6.63. The van der Waals surface area contributed by atoms with Crippen LogP contribution in [0, 0.1) is 13.8 Å². The molecule has 1 unspecified atom stereocenters. The molecule has 1 saturated heterocycles. The third kappa shape index (κ3) is 3.80. The van der Waals surface area contributed by atoms with Crippen LogP contribution in [0.25, 0.3) is 0 Å². The van der Waals surface area contributed by atoms with E-state index in [1.54, 1.807) is 44.7 Å². The van der Waals surface area contributed by atoms with E-state index in [4.69, 9.17) is 0 Å². The Morgan fingerprint density at radius 3 is 2.39 bits per heavy atom. The van der Waals surface area contributed by atoms with Crippen LogP contribution in [0.5, 0.6) is 5.75 Å². The Morgan fingerprint density at radius 2 is 1.91 bits per heavy atom. The van der Waals surface area contributed by atoms with Gasteiger partial charge in [-0.1, -0.05) is 0 Å². The predicted octanol–water partition coefficient (Wildman–Crippen LogP) is 3.28. The molecule has 0 aromatic heterocycles. The monoisotopic (exact) mass is 327 g/mol. The number of benzene rings is 1. The highest BCUT2D eigenvalue weighted by Crippen LogP contribution is 2.31. The number of likely N-dealkylation sites (tertiary alicyclic amines) is 1. The van der Waals surface area contributed by atoms with Gasteiger partial charge in [-0.05, 0) is 63.8 Å². The average molecular weight is 327 g/mol. The molecule has 0 saturated carbocycles. The van der Waals surface area contributed by atoms with Gasteiger partial charge in [-0.15, -0.1) is 0 Å². The lowest BCUT2D eigenvalue weighted by Gasteiger charge is -2.34. The molecule has 1 aromatic carbocycles. The Labute approximate surface area is 135 Å². The van der Waals surface area contributed by atoms with Gasteiger partial charge >= 0.3 is 6.61 Å². The number of alkyl halides is 2. The molecule has 0 radical (unpaired) electrons. The fourth-order valence-corrected chi connectivity index (χ4v) is 3.26. The number of hydrogen-bond donors (Lipinski definition) is 1. The highest BCUT2D eigenvalue weighted by atomic mass is 19.3. The Hall–Kier alpha value is -1.69. The maximum atomic E-state index is 12.8. The Balaban J connectivity index is 2.30. The van der Waals surface area contributed by atoms with Crippen molar-refractivity contribution in [3.63, 3.8) is 0 Å². The van der Waals surface area contributed by atoms with Crippen molar-refractivity contribution in [1.82, 2.24) is 4.90 Å². The van der Waals surface area contributed by atoms with Gasteiger partial charge in [-0.2, -0.15) is 8.78 Å². The van der Waals surface area contributed by atoms with Crippen molar-refractivity contribution in [2.24, 2.45) is 0 Å². The summed E-state index contributed by atoms with van der Waals surface area (Å²) in [5.41, 5.74) is 0.438. The van der Waals surface area contributed by atoms with E-state index in [9.17, 15) is 18.7 Å². The fraction of sp³-hybridized carbons (Fsp3) is 0.588. The summed E-state index contributed by atoms with van der Waals surface area (Å²) in [4.78, 5) is 14.4. The second kappa shape index (κ2) is 6.43. The zero-order valence-corrected chi connectivity index (χ0v) is 13.9. The first-order valence-corrected chi connectivity index (χ1v) is 7.70. The van der Waals surface area contributed by atoms with Gasteiger partial charge in [-0.3, -0.25) is 4.79 Å². The summed E-state index contributed by atoms with van der Waals surface area (Å²) >= 11 is 0. The quantitative estimate of drug-likeness (QED) is 0.923. The highest BCUT2D eigenvalue weighted by molar-refractivity contribution is 5.95. The third-order valence-electron chi connectivity index (χ3n) is 4.24. The van der Waals surface area contributed by atoms with Crippen LogP contribution < -0.4 is 4.74 Å². The normalized spacial score (nSPS) is 18.6. The zero-order chi connectivity index (χ0) is 17.4. The van der Waals surface area contributed by atoms with Crippen molar-refractivity contribution in [3.05, 3.63) is 28.8 Å². The van der Waals surface area contributed by atoms with Crippen molar-refractivity contribution >= 4 is 5.91 Å². The molecule has 1 atom stereocenters. The lowest BCUT2D eigenvalue weighted by atomic mass is 9.96. The number of aliphatic hydroxyl groups is 1. The summed E-state index contributed by atoms with van der Waals surface area (Å²) in [6.45, 7) is 4.35. The molecule has 1 N–H and O–H groups in total. The Bertz CT molecular complexity index is 573. The number of ether oxygens (including phenoxy) is 1. The number of carbonyl (C=O) groups excluding carboxylic acids is 1. The van der Waals surface area contributed by atoms with E-state index in [2.05, 4.69) is 4.74 Å². The predicted molar refractivity (Wildman–Crippen MR) is 82.9 cm³/mol. The van der Waals surface area contributed by atoms with Crippen LogP contribution in [-0.2, 0) is 0 Å². The van der Waals surface area contributed by atoms with Gasteiger partial charge in [0.25, 0.3) is 5.91 Å². The molecule has 1 fully saturated rings. The fourth-order valence-electron chi connectivity index (χ4n) is 3.26. The van der Waals surface area contributed by atoms with Gasteiger partial charge in [0, 0.05) is 12.1 Å². The molecule has 128 valence electrons. The van der Waals surface area contributed by atoms with Gasteiger partial charge < -0.3 is 14.7 Å². The maximum absolute atomic E-state index is 12.8. The Kier molecular flexibility index (Phi) is 4.94. The molecule has 1 aliphatic heterocycles. The maximum Gasteiger partial charge on any atom is 0.387 e. The molecular formula is C17H23F2NO3. The van der Waals surface area contributed by atoms with E-state index in [0.717, 1.165) is 12.8 Å². The molecule has 0 spiro atoms. The van der Waals surface area contributed by atoms with Gasteiger partial charge in [0.15, 0.2) is 0 Å². The number of halogens is 2. The Morgan fingerprint density at radius 1 is 1.35 bits per heavy atom. The van der Waals surface area contributed by atoms with Crippen molar-refractivity contribution in [2.45, 2.75) is 58.8 Å². The molecule has 6 heteroatoms. The molecular weight excluding hydrogens is 304 g/mol. The van der Waals surface area contributed by atoms with E-state index in [-0.39, 0.29) is 17.7 Å². The minimum atomic E-state index is -2.90. The van der Waals surface area contributed by atoms with Crippen molar-refractivity contribution in [3.8, 4) is 5.75 Å². The lowest BCUT2D eigenvalue weighted by molar-refractivity contribution is -0.0507. The zero-order valence-electron chi connectivity index (χ0n) is 13.9. The molecule has 4 nitrogen and oxygen atoms in total. The minimum absolute atomic E-state index is 0.108. The van der Waals surface area contributed by atoms with E-state index in [1.807, 2.05) is 0 Å². The van der Waals surface area contributed by atoms with Crippen LogP contribution in [0.3, 0.4) is 0 Å². The summed E-state index contributed by atoms with van der Waals surface area (Å²) < 4.78 is 29.4. The summed E-state index contributed by atoms with van der Waals surface area (Å²) in [6.07, 6.45) is 1.59. The summed E-state index contributed by atoms with van der Waals surface area (Å²) in [7, 11) is 0. The van der Waals surface area contributed by atoms with Crippen molar-refractivity contribution in [1.29, 1.82) is 0 Å².